The molecule has 25 heavy (non-hydrogen) atoms. The number of aromatic nitrogens is 1. The predicted octanol–water partition coefficient (Wildman–Crippen LogP) is 2.11. The third kappa shape index (κ3) is 3.63. The predicted molar refractivity (Wildman–Crippen MR) is 97.4 cm³/mol. The van der Waals surface area contributed by atoms with Crippen LogP contribution in [0.25, 0.3) is 10.8 Å². The highest BCUT2D eigenvalue weighted by Gasteiger charge is 2.30. The van der Waals surface area contributed by atoms with E-state index in [1.807, 2.05) is 29.3 Å². The van der Waals surface area contributed by atoms with E-state index in [2.05, 4.69) is 15.2 Å². The van der Waals surface area contributed by atoms with Crippen molar-refractivity contribution < 1.29 is 9.21 Å². The number of amides is 1. The summed E-state index contributed by atoms with van der Waals surface area (Å²) in [5.74, 6) is 1.81. The number of oxazole rings is 1. The molecule has 0 saturated carbocycles. The smallest absolute Gasteiger partial charge is 0.241 e. The van der Waals surface area contributed by atoms with Crippen molar-refractivity contribution in [3.05, 3.63) is 29.0 Å². The lowest BCUT2D eigenvalue weighted by Gasteiger charge is -2.34. The summed E-state index contributed by atoms with van der Waals surface area (Å²) in [6.45, 7) is 6.99. The van der Waals surface area contributed by atoms with Gasteiger partial charge in [0.15, 0.2) is 0 Å². The maximum atomic E-state index is 12.6. The highest BCUT2D eigenvalue weighted by Crippen LogP contribution is 2.26. The number of nitrogens with one attached hydrogen (secondary N) is 1. The van der Waals surface area contributed by atoms with E-state index < -0.39 is 0 Å². The van der Waals surface area contributed by atoms with Crippen molar-refractivity contribution in [2.45, 2.75) is 32.4 Å². The van der Waals surface area contributed by atoms with E-state index in [4.69, 9.17) is 4.42 Å². The zero-order chi connectivity index (χ0) is 17.2. The molecule has 0 aliphatic carbocycles. The highest BCUT2D eigenvalue weighted by molar-refractivity contribution is 7.13. The molecule has 2 saturated heterocycles. The molecule has 2 aliphatic rings. The number of rotatable bonds is 4. The average molecular weight is 360 g/mol. The molecule has 1 atom stereocenters. The third-order valence-corrected chi connectivity index (χ3v) is 5.83. The number of carbonyl (C=O) groups is 1. The second-order valence-corrected chi connectivity index (χ2v) is 7.72. The van der Waals surface area contributed by atoms with Gasteiger partial charge in [-0.15, -0.1) is 11.3 Å². The van der Waals surface area contributed by atoms with Gasteiger partial charge < -0.3 is 14.6 Å². The minimum Gasteiger partial charge on any atom is -0.440 e. The zero-order valence-corrected chi connectivity index (χ0v) is 15.3. The first-order chi connectivity index (χ1) is 12.2. The first-order valence-electron chi connectivity index (χ1n) is 8.95. The minimum atomic E-state index is -0.101. The number of likely N-dealkylation sites (tertiary alicyclic amines) is 1. The first-order valence-corrected chi connectivity index (χ1v) is 9.83. The van der Waals surface area contributed by atoms with Crippen LogP contribution in [0.4, 0.5) is 0 Å². The number of aryl methyl sites for hydroxylation is 1. The van der Waals surface area contributed by atoms with Gasteiger partial charge in [-0.3, -0.25) is 9.69 Å². The summed E-state index contributed by atoms with van der Waals surface area (Å²) in [5.41, 5.74) is 0.970. The van der Waals surface area contributed by atoms with E-state index in [1.54, 1.807) is 11.3 Å². The molecule has 4 rings (SSSR count). The Morgan fingerprint density at radius 1 is 1.40 bits per heavy atom. The number of thiophene rings is 1. The lowest BCUT2D eigenvalue weighted by Crippen LogP contribution is -2.57. The Bertz CT molecular complexity index is 722. The van der Waals surface area contributed by atoms with E-state index in [9.17, 15) is 4.79 Å². The first kappa shape index (κ1) is 16.8. The van der Waals surface area contributed by atoms with Gasteiger partial charge in [0, 0.05) is 39.3 Å². The second-order valence-electron chi connectivity index (χ2n) is 6.77. The van der Waals surface area contributed by atoms with Crippen molar-refractivity contribution in [3.8, 4) is 10.8 Å². The Hall–Kier alpha value is -1.70. The van der Waals surface area contributed by atoms with Crippen molar-refractivity contribution in [2.75, 3.05) is 32.7 Å². The van der Waals surface area contributed by atoms with Gasteiger partial charge in [0.05, 0.1) is 16.6 Å². The van der Waals surface area contributed by atoms with Crippen LogP contribution in [0.2, 0.25) is 0 Å². The Balaban J connectivity index is 1.41. The summed E-state index contributed by atoms with van der Waals surface area (Å²) < 4.78 is 5.84. The molecule has 0 unspecified atom stereocenters. The summed E-state index contributed by atoms with van der Waals surface area (Å²) in [6, 6.07) is 3.93. The molecule has 2 fully saturated rings. The minimum absolute atomic E-state index is 0.101. The number of hydrogen-bond donors (Lipinski definition) is 1. The average Bonchev–Trinajstić information content (AvgIpc) is 3.37. The van der Waals surface area contributed by atoms with Gasteiger partial charge in [-0.2, -0.15) is 0 Å². The molecule has 0 radical (unpaired) electrons. The Kier molecular flexibility index (Phi) is 4.87. The van der Waals surface area contributed by atoms with Crippen LogP contribution < -0.4 is 5.32 Å². The van der Waals surface area contributed by atoms with Crippen molar-refractivity contribution in [2.24, 2.45) is 0 Å². The zero-order valence-electron chi connectivity index (χ0n) is 14.5. The highest BCUT2D eigenvalue weighted by atomic mass is 32.1. The molecule has 0 bridgehead atoms. The molecule has 134 valence electrons. The van der Waals surface area contributed by atoms with Gasteiger partial charge in [-0.25, -0.2) is 4.98 Å². The molecular formula is C18H24N4O2S. The maximum Gasteiger partial charge on any atom is 0.241 e. The Labute approximate surface area is 151 Å². The van der Waals surface area contributed by atoms with Gasteiger partial charge in [0.1, 0.15) is 5.76 Å². The summed E-state index contributed by atoms with van der Waals surface area (Å²) in [4.78, 5) is 22.7. The van der Waals surface area contributed by atoms with Gasteiger partial charge in [-0.1, -0.05) is 6.07 Å². The largest absolute Gasteiger partial charge is 0.440 e. The topological polar surface area (TPSA) is 61.6 Å². The van der Waals surface area contributed by atoms with Crippen molar-refractivity contribution >= 4 is 17.2 Å². The van der Waals surface area contributed by atoms with Gasteiger partial charge in [0.2, 0.25) is 11.8 Å². The Morgan fingerprint density at radius 3 is 3.00 bits per heavy atom. The quantitative estimate of drug-likeness (QED) is 0.905. The Morgan fingerprint density at radius 2 is 2.24 bits per heavy atom. The molecular weight excluding hydrogens is 336 g/mol. The standard InChI is InChI=1S/C18H24N4O2S/c1-13-14(20-17(24-13)16-5-4-10-25-16)11-21-9-6-19-15(12-21)18(23)22-7-2-3-8-22/h4-5,10,15,19H,2-3,6-9,11-12H2,1H3/t15-/m0/s1. The summed E-state index contributed by atoms with van der Waals surface area (Å²) >= 11 is 1.63. The number of piperazine rings is 1. The normalized spacial score (nSPS) is 21.8. The van der Waals surface area contributed by atoms with Gasteiger partial charge >= 0.3 is 0 Å². The third-order valence-electron chi connectivity index (χ3n) is 4.97. The molecule has 1 amide bonds. The number of nitrogens with zero attached hydrogens (tertiary/aromatic N) is 3. The van der Waals surface area contributed by atoms with E-state index in [0.29, 0.717) is 5.89 Å². The molecule has 2 aliphatic heterocycles. The van der Waals surface area contributed by atoms with Crippen molar-refractivity contribution in [3.63, 3.8) is 0 Å². The maximum absolute atomic E-state index is 12.6. The molecule has 6 nitrogen and oxygen atoms in total. The van der Waals surface area contributed by atoms with Gasteiger partial charge in [0.25, 0.3) is 0 Å². The van der Waals surface area contributed by atoms with Crippen LogP contribution >= 0.6 is 11.3 Å². The van der Waals surface area contributed by atoms with E-state index in [1.165, 1.54) is 0 Å². The summed E-state index contributed by atoms with van der Waals surface area (Å²) in [7, 11) is 0. The molecule has 2 aromatic rings. The van der Waals surface area contributed by atoms with Crippen LogP contribution in [0.3, 0.4) is 0 Å². The van der Waals surface area contributed by atoms with E-state index in [0.717, 1.165) is 68.4 Å². The summed E-state index contributed by atoms with van der Waals surface area (Å²) in [6.07, 6.45) is 2.26. The molecule has 0 spiro atoms. The van der Waals surface area contributed by atoms with Crippen LogP contribution in [0.15, 0.2) is 21.9 Å². The van der Waals surface area contributed by atoms with Crippen LogP contribution in [0.5, 0.6) is 0 Å². The SMILES string of the molecule is Cc1oc(-c2cccs2)nc1CN1CCN[C@H](C(=O)N2CCCC2)C1. The fraction of sp³-hybridized carbons (Fsp3) is 0.556. The molecule has 2 aromatic heterocycles. The lowest BCUT2D eigenvalue weighted by molar-refractivity contribution is -0.133. The molecule has 1 N–H and O–H groups in total. The van der Waals surface area contributed by atoms with Crippen LogP contribution in [0, 0.1) is 6.92 Å². The number of carbonyl (C=O) groups excluding carboxylic acids is 1. The summed E-state index contributed by atoms with van der Waals surface area (Å²) in [5, 5.41) is 5.41. The molecule has 7 heteroatoms. The van der Waals surface area contributed by atoms with Crippen LogP contribution in [0.1, 0.15) is 24.3 Å². The van der Waals surface area contributed by atoms with Crippen LogP contribution in [-0.4, -0.2) is 59.5 Å². The monoisotopic (exact) mass is 360 g/mol. The molecule has 0 aromatic carbocycles. The molecule has 4 heterocycles. The second kappa shape index (κ2) is 7.27. The lowest BCUT2D eigenvalue weighted by atomic mass is 10.1. The van der Waals surface area contributed by atoms with Crippen molar-refractivity contribution in [1.29, 1.82) is 0 Å². The van der Waals surface area contributed by atoms with Crippen molar-refractivity contribution in [1.82, 2.24) is 20.1 Å². The van der Waals surface area contributed by atoms with Gasteiger partial charge in [-0.05, 0) is 31.2 Å². The number of hydrogen-bond acceptors (Lipinski definition) is 6. The van der Waals surface area contributed by atoms with E-state index in [-0.39, 0.29) is 11.9 Å². The van der Waals surface area contributed by atoms with Crippen LogP contribution in [-0.2, 0) is 11.3 Å². The fourth-order valence-corrected chi connectivity index (χ4v) is 4.22. The van der Waals surface area contributed by atoms with E-state index >= 15 is 0 Å². The fourth-order valence-electron chi connectivity index (χ4n) is 3.57.